The number of methoxy groups -OCH3 is 1. The number of ether oxygens (including phenoxy) is 1. The largest absolute Gasteiger partial charge is 0.497 e. The van der Waals surface area contributed by atoms with Crippen LogP contribution in [0.5, 0.6) is 5.75 Å². The summed E-state index contributed by atoms with van der Waals surface area (Å²) in [5.74, 6) is 0.335. The molecule has 0 bridgehead atoms. The highest BCUT2D eigenvalue weighted by Gasteiger charge is 2.32. The maximum absolute atomic E-state index is 12.2. The molecule has 1 fully saturated rings. The van der Waals surface area contributed by atoms with Gasteiger partial charge in [0.25, 0.3) is 0 Å². The van der Waals surface area contributed by atoms with Gasteiger partial charge in [-0.25, -0.2) is 4.98 Å². The zero-order valence-electron chi connectivity index (χ0n) is 17.4. The van der Waals surface area contributed by atoms with Crippen LogP contribution < -0.4 is 4.74 Å². The van der Waals surface area contributed by atoms with Gasteiger partial charge < -0.3 is 9.94 Å². The fraction of sp³-hybridized carbons (Fsp3) is 0.304. The van der Waals surface area contributed by atoms with E-state index in [-0.39, 0.29) is 31.2 Å². The first-order chi connectivity index (χ1) is 15.5. The Hall–Kier alpha value is -2.97. The van der Waals surface area contributed by atoms with Crippen molar-refractivity contribution in [3.63, 3.8) is 0 Å². The highest BCUT2D eigenvalue weighted by molar-refractivity contribution is 7.19. The molecule has 3 aromatic rings. The smallest absolute Gasteiger partial charge is 0.230 e. The molecule has 2 amide bonds. The summed E-state index contributed by atoms with van der Waals surface area (Å²) in [5, 5.41) is 14.1. The number of aromatic nitrogens is 1. The van der Waals surface area contributed by atoms with E-state index in [1.54, 1.807) is 18.4 Å². The average molecular weight is 470 g/mol. The SMILES string of the molecule is COc1ccc(-c2c(Cl)c(CN3C(=O)CCC3=O)nc3sc4c(c23)CCC(=NO)C4)cc1. The van der Waals surface area contributed by atoms with Crippen LogP contribution >= 0.6 is 22.9 Å². The van der Waals surface area contributed by atoms with E-state index in [0.29, 0.717) is 23.6 Å². The molecule has 9 heteroatoms. The quantitative estimate of drug-likeness (QED) is 0.342. The van der Waals surface area contributed by atoms with Gasteiger partial charge in [0.05, 0.1) is 30.1 Å². The molecule has 1 saturated heterocycles. The predicted molar refractivity (Wildman–Crippen MR) is 123 cm³/mol. The van der Waals surface area contributed by atoms with E-state index in [2.05, 4.69) is 5.16 Å². The maximum atomic E-state index is 12.2. The molecule has 1 N–H and O–H groups in total. The van der Waals surface area contributed by atoms with Gasteiger partial charge in [0, 0.05) is 35.1 Å². The third kappa shape index (κ3) is 3.43. The number of imide groups is 1. The van der Waals surface area contributed by atoms with Gasteiger partial charge in [0.1, 0.15) is 10.6 Å². The second kappa shape index (κ2) is 8.18. The third-order valence-corrected chi connectivity index (χ3v) is 7.58. The Kier molecular flexibility index (Phi) is 5.35. The first kappa shape index (κ1) is 20.9. The van der Waals surface area contributed by atoms with Gasteiger partial charge in [-0.05, 0) is 36.1 Å². The molecule has 3 heterocycles. The second-order valence-corrected chi connectivity index (χ2v) is 9.34. The number of benzene rings is 1. The fourth-order valence-corrected chi connectivity index (χ4v) is 5.97. The van der Waals surface area contributed by atoms with Gasteiger partial charge in [0.15, 0.2) is 0 Å². The molecular weight excluding hydrogens is 450 g/mol. The first-order valence-corrected chi connectivity index (χ1v) is 11.5. The van der Waals surface area contributed by atoms with E-state index >= 15 is 0 Å². The van der Waals surface area contributed by atoms with Gasteiger partial charge >= 0.3 is 0 Å². The molecule has 0 saturated carbocycles. The molecule has 1 aromatic carbocycles. The lowest BCUT2D eigenvalue weighted by atomic mass is 9.91. The van der Waals surface area contributed by atoms with Gasteiger partial charge in [-0.3, -0.25) is 14.5 Å². The lowest BCUT2D eigenvalue weighted by Crippen LogP contribution is -2.29. The molecule has 0 radical (unpaired) electrons. The highest BCUT2D eigenvalue weighted by Crippen LogP contribution is 2.45. The Labute approximate surface area is 193 Å². The number of thiophene rings is 1. The number of amides is 2. The van der Waals surface area contributed by atoms with Crippen LogP contribution in [0.2, 0.25) is 5.02 Å². The molecule has 0 spiro atoms. The van der Waals surface area contributed by atoms with Crippen LogP contribution in [0.4, 0.5) is 0 Å². The molecular formula is C23H20ClN3O4S. The second-order valence-electron chi connectivity index (χ2n) is 7.88. The minimum atomic E-state index is -0.201. The Morgan fingerprint density at radius 1 is 1.16 bits per heavy atom. The number of likely N-dealkylation sites (tertiary alicyclic amines) is 1. The molecule has 1 aliphatic carbocycles. The summed E-state index contributed by atoms with van der Waals surface area (Å²) in [5.41, 5.74) is 4.16. The molecule has 2 aromatic heterocycles. The van der Waals surface area contributed by atoms with Crippen molar-refractivity contribution in [2.45, 2.75) is 38.6 Å². The van der Waals surface area contributed by atoms with Crippen molar-refractivity contribution in [2.24, 2.45) is 5.16 Å². The zero-order chi connectivity index (χ0) is 22.4. The summed E-state index contributed by atoms with van der Waals surface area (Å²) < 4.78 is 5.30. The number of oxime groups is 1. The number of hydrogen-bond acceptors (Lipinski definition) is 7. The van der Waals surface area contributed by atoms with Crippen molar-refractivity contribution in [3.05, 3.63) is 45.4 Å². The van der Waals surface area contributed by atoms with Gasteiger partial charge in [-0.1, -0.05) is 28.9 Å². The third-order valence-electron chi connectivity index (χ3n) is 6.04. The van der Waals surface area contributed by atoms with Gasteiger partial charge in [-0.2, -0.15) is 0 Å². The minimum Gasteiger partial charge on any atom is -0.497 e. The van der Waals surface area contributed by atoms with E-state index in [1.165, 1.54) is 4.90 Å². The number of carbonyl (C=O) groups excluding carboxylic acids is 2. The number of rotatable bonds is 4. The predicted octanol–water partition coefficient (Wildman–Crippen LogP) is 4.59. The van der Waals surface area contributed by atoms with E-state index in [4.69, 9.17) is 21.3 Å². The summed E-state index contributed by atoms with van der Waals surface area (Å²) in [4.78, 5) is 32.3. The van der Waals surface area contributed by atoms with Crippen molar-refractivity contribution < 1.29 is 19.5 Å². The summed E-state index contributed by atoms with van der Waals surface area (Å²) in [6.07, 6.45) is 2.43. The van der Waals surface area contributed by atoms with Crippen LogP contribution in [0.3, 0.4) is 0 Å². The topological polar surface area (TPSA) is 92.1 Å². The average Bonchev–Trinajstić information content (AvgIpc) is 3.33. The summed E-state index contributed by atoms with van der Waals surface area (Å²) in [7, 11) is 1.62. The van der Waals surface area contributed by atoms with Crippen molar-refractivity contribution >= 4 is 50.7 Å². The molecule has 0 unspecified atom stereocenters. The van der Waals surface area contributed by atoms with Crippen molar-refractivity contribution in [1.29, 1.82) is 0 Å². The maximum Gasteiger partial charge on any atom is 0.230 e. The van der Waals surface area contributed by atoms with Crippen LogP contribution in [0.25, 0.3) is 21.3 Å². The standard InChI is InChI=1S/C23H20ClN3O4S/c1-31-14-5-2-12(3-6-14)20-21-15-7-4-13(26-30)10-17(15)32-23(21)25-16(22(20)24)11-27-18(28)8-9-19(27)29/h2-3,5-6,30H,4,7-11H2,1H3. The molecule has 32 heavy (non-hydrogen) atoms. The Balaban J connectivity index is 1.71. The number of pyridine rings is 1. The van der Waals surface area contributed by atoms with Crippen LogP contribution in [0, 0.1) is 0 Å². The number of nitrogens with zero attached hydrogens (tertiary/aromatic N) is 3. The van der Waals surface area contributed by atoms with Crippen molar-refractivity contribution in [3.8, 4) is 16.9 Å². The lowest BCUT2D eigenvalue weighted by Gasteiger charge is -2.18. The number of halogens is 1. The highest BCUT2D eigenvalue weighted by atomic mass is 35.5. The number of aryl methyl sites for hydroxylation is 1. The Bertz CT molecular complexity index is 1270. The van der Waals surface area contributed by atoms with Crippen LogP contribution in [-0.2, 0) is 29.0 Å². The van der Waals surface area contributed by atoms with Crippen LogP contribution in [0.1, 0.15) is 35.4 Å². The number of fused-ring (bicyclic) bond motifs is 3. The van der Waals surface area contributed by atoms with E-state index < -0.39 is 0 Å². The monoisotopic (exact) mass is 469 g/mol. The molecule has 0 atom stereocenters. The van der Waals surface area contributed by atoms with Gasteiger partial charge in [-0.15, -0.1) is 11.3 Å². The summed E-state index contributed by atoms with van der Waals surface area (Å²) >= 11 is 8.47. The lowest BCUT2D eigenvalue weighted by molar-refractivity contribution is -0.139. The normalized spacial score (nSPS) is 17.4. The Morgan fingerprint density at radius 2 is 1.88 bits per heavy atom. The minimum absolute atomic E-state index is 0.0571. The Morgan fingerprint density at radius 3 is 2.53 bits per heavy atom. The van der Waals surface area contributed by atoms with E-state index in [1.807, 2.05) is 24.3 Å². The van der Waals surface area contributed by atoms with E-state index in [9.17, 15) is 14.8 Å². The fourth-order valence-electron chi connectivity index (χ4n) is 4.38. The summed E-state index contributed by atoms with van der Waals surface area (Å²) in [6.45, 7) is 0.0571. The van der Waals surface area contributed by atoms with Crippen LogP contribution in [-0.4, -0.2) is 39.7 Å². The van der Waals surface area contributed by atoms with Crippen molar-refractivity contribution in [2.75, 3.05) is 7.11 Å². The molecule has 5 rings (SSSR count). The first-order valence-electron chi connectivity index (χ1n) is 10.3. The molecule has 7 nitrogen and oxygen atoms in total. The van der Waals surface area contributed by atoms with E-state index in [0.717, 1.165) is 49.7 Å². The van der Waals surface area contributed by atoms with Crippen LogP contribution in [0.15, 0.2) is 29.4 Å². The summed E-state index contributed by atoms with van der Waals surface area (Å²) in [6, 6.07) is 7.65. The van der Waals surface area contributed by atoms with Crippen molar-refractivity contribution in [1.82, 2.24) is 9.88 Å². The number of carbonyl (C=O) groups is 2. The molecule has 1 aliphatic heterocycles. The zero-order valence-corrected chi connectivity index (χ0v) is 18.9. The van der Waals surface area contributed by atoms with Gasteiger partial charge in [0.2, 0.25) is 11.8 Å². The number of hydrogen-bond donors (Lipinski definition) is 1. The molecule has 2 aliphatic rings. The molecule has 164 valence electrons.